The number of hydrogen-bond donors (Lipinski definition) is 3. The van der Waals surface area contributed by atoms with Crippen molar-refractivity contribution in [3.05, 3.63) is 0 Å². The summed E-state index contributed by atoms with van der Waals surface area (Å²) in [5, 5.41) is 10.5. The topological polar surface area (TPSA) is 237 Å². The number of phosphoric acid groups is 2. The third-order valence-electron chi connectivity index (χ3n) is 15.6. The zero-order valence-electron chi connectivity index (χ0n) is 54.4. The molecule has 7 atom stereocenters. The summed E-state index contributed by atoms with van der Waals surface area (Å²) in [5.74, 6) is 0.179. The second kappa shape index (κ2) is 56.3. The zero-order chi connectivity index (χ0) is 62.4. The summed E-state index contributed by atoms with van der Waals surface area (Å²) in [6.45, 7) is 11.7. The first-order valence-electron chi connectivity index (χ1n) is 33.9. The first-order valence-corrected chi connectivity index (χ1v) is 36.9. The van der Waals surface area contributed by atoms with Gasteiger partial charge in [0.1, 0.15) is 19.3 Å². The summed E-state index contributed by atoms with van der Waals surface area (Å²) in [5.41, 5.74) is 0. The van der Waals surface area contributed by atoms with Crippen molar-refractivity contribution in [1.29, 1.82) is 0 Å². The SMILES string of the molecule is CCCCCCCC(=O)OC[C@H](COP(=O)(O)OC[C@H](O)COP(=O)(O)OC[C@@H](COC(=O)CCCCCCCCCCC(C)CC)OC(=O)CCCCCCCCCCCCCCC(C)C)OC(=O)CCCCCCCCCCC(C)CC. The first-order chi connectivity index (χ1) is 40.3. The molecule has 0 radical (unpaired) electrons. The van der Waals surface area contributed by atoms with E-state index in [0.717, 1.165) is 114 Å². The minimum Gasteiger partial charge on any atom is -0.462 e. The smallest absolute Gasteiger partial charge is 0.462 e. The van der Waals surface area contributed by atoms with E-state index in [9.17, 15) is 43.2 Å². The van der Waals surface area contributed by atoms with Gasteiger partial charge in [-0.1, -0.05) is 267 Å². The summed E-state index contributed by atoms with van der Waals surface area (Å²) in [7, 11) is -9.88. The molecule has 0 aromatic heterocycles. The van der Waals surface area contributed by atoms with Gasteiger partial charge in [-0.25, -0.2) is 9.13 Å². The van der Waals surface area contributed by atoms with Crippen molar-refractivity contribution in [3.8, 4) is 0 Å². The number of hydrogen-bond acceptors (Lipinski definition) is 15. The fourth-order valence-corrected chi connectivity index (χ4v) is 11.2. The van der Waals surface area contributed by atoms with Crippen molar-refractivity contribution >= 4 is 39.5 Å². The van der Waals surface area contributed by atoms with E-state index in [2.05, 4.69) is 48.5 Å². The second-order valence-electron chi connectivity index (χ2n) is 24.5. The fourth-order valence-electron chi connectivity index (χ4n) is 9.59. The van der Waals surface area contributed by atoms with E-state index in [4.69, 9.17) is 37.0 Å². The van der Waals surface area contributed by atoms with Crippen LogP contribution in [0.25, 0.3) is 0 Å². The van der Waals surface area contributed by atoms with Crippen LogP contribution < -0.4 is 0 Å². The highest BCUT2D eigenvalue weighted by atomic mass is 31.2. The Bertz CT molecular complexity index is 1670. The Kier molecular flexibility index (Phi) is 55.0. The molecule has 0 aromatic rings. The molecule has 0 spiro atoms. The molecule has 84 heavy (non-hydrogen) atoms. The average Bonchev–Trinajstić information content (AvgIpc) is 3.50. The van der Waals surface area contributed by atoms with Crippen molar-refractivity contribution in [2.75, 3.05) is 39.6 Å². The quantitative estimate of drug-likeness (QED) is 0.0222. The Labute approximate surface area is 511 Å². The van der Waals surface area contributed by atoms with Crippen LogP contribution in [-0.2, 0) is 65.4 Å². The maximum absolute atomic E-state index is 13.0. The predicted octanol–water partition coefficient (Wildman–Crippen LogP) is 17.9. The van der Waals surface area contributed by atoms with Gasteiger partial charge in [0.25, 0.3) is 0 Å². The molecule has 19 heteroatoms. The Morgan fingerprint density at radius 1 is 0.345 bits per heavy atom. The third-order valence-corrected chi connectivity index (χ3v) is 17.5. The van der Waals surface area contributed by atoms with E-state index in [1.807, 2.05) is 0 Å². The zero-order valence-corrected chi connectivity index (χ0v) is 56.1. The van der Waals surface area contributed by atoms with Crippen LogP contribution in [0.5, 0.6) is 0 Å². The molecule has 0 rings (SSSR count). The Morgan fingerprint density at radius 3 is 0.905 bits per heavy atom. The molecule has 0 amide bonds. The Morgan fingerprint density at radius 2 is 0.607 bits per heavy atom. The van der Waals surface area contributed by atoms with Crippen LogP contribution >= 0.6 is 15.6 Å². The minimum absolute atomic E-state index is 0.104. The number of phosphoric ester groups is 2. The standard InChI is InChI=1S/C65H126O17P2/c1-8-11-12-29-39-46-62(67)75-52-60(81-65(70)49-42-35-28-22-20-25-32-38-45-58(7)10-3)54-79-83(71,72)77-50-59(66)51-78-84(73,74)80-55-61(53-76-63(68)47-40-33-26-21-19-24-31-37-44-57(6)9-2)82-64(69)48-41-34-27-18-16-14-13-15-17-23-30-36-43-56(4)5/h56-61,66H,8-55H2,1-7H3,(H,71,72)(H,73,74)/t57?,58?,59-,60+,61+/m0/s1. The van der Waals surface area contributed by atoms with Gasteiger partial charge in [-0.05, 0) is 43.4 Å². The molecule has 0 aliphatic carbocycles. The molecule has 498 valence electrons. The van der Waals surface area contributed by atoms with E-state index in [0.29, 0.717) is 25.7 Å². The van der Waals surface area contributed by atoms with Crippen LogP contribution in [-0.4, -0.2) is 96.7 Å². The van der Waals surface area contributed by atoms with Crippen molar-refractivity contribution in [1.82, 2.24) is 0 Å². The van der Waals surface area contributed by atoms with E-state index < -0.39 is 97.5 Å². The third kappa shape index (κ3) is 56.6. The highest BCUT2D eigenvalue weighted by molar-refractivity contribution is 7.47. The molecule has 3 N–H and O–H groups in total. The van der Waals surface area contributed by atoms with Crippen LogP contribution in [0.1, 0.15) is 318 Å². The monoisotopic (exact) mass is 1240 g/mol. The molecule has 0 aromatic carbocycles. The number of esters is 4. The number of ether oxygens (including phenoxy) is 4. The molecule has 0 bridgehead atoms. The normalized spacial score (nSPS) is 15.0. The number of carbonyl (C=O) groups excluding carboxylic acids is 4. The maximum atomic E-state index is 13.0. The highest BCUT2D eigenvalue weighted by Crippen LogP contribution is 2.45. The first kappa shape index (κ1) is 82.1. The molecule has 17 nitrogen and oxygen atoms in total. The van der Waals surface area contributed by atoms with Gasteiger partial charge >= 0.3 is 39.5 Å². The minimum atomic E-state index is -4.95. The van der Waals surface area contributed by atoms with Gasteiger partial charge in [-0.15, -0.1) is 0 Å². The van der Waals surface area contributed by atoms with Gasteiger partial charge in [0, 0.05) is 25.7 Å². The molecule has 0 aliphatic heterocycles. The number of unbranched alkanes of at least 4 members (excludes halogenated alkanes) is 29. The fraction of sp³-hybridized carbons (Fsp3) is 0.938. The second-order valence-corrected chi connectivity index (χ2v) is 27.4. The van der Waals surface area contributed by atoms with Crippen LogP contribution in [0, 0.1) is 17.8 Å². The van der Waals surface area contributed by atoms with E-state index >= 15 is 0 Å². The summed E-state index contributed by atoms with van der Waals surface area (Å²) in [6.07, 6.45) is 37.8. The summed E-state index contributed by atoms with van der Waals surface area (Å²) in [6, 6.07) is 0. The van der Waals surface area contributed by atoms with Gasteiger partial charge in [-0.2, -0.15) is 0 Å². The summed E-state index contributed by atoms with van der Waals surface area (Å²) >= 11 is 0. The Balaban J connectivity index is 5.19. The maximum Gasteiger partial charge on any atom is 0.472 e. The van der Waals surface area contributed by atoms with Crippen LogP contribution in [0.15, 0.2) is 0 Å². The van der Waals surface area contributed by atoms with Gasteiger partial charge < -0.3 is 33.8 Å². The lowest BCUT2D eigenvalue weighted by molar-refractivity contribution is -0.161. The summed E-state index contributed by atoms with van der Waals surface area (Å²) < 4.78 is 67.9. The lowest BCUT2D eigenvalue weighted by Crippen LogP contribution is -2.30. The van der Waals surface area contributed by atoms with Gasteiger partial charge in [0.2, 0.25) is 0 Å². The lowest BCUT2D eigenvalue weighted by Gasteiger charge is -2.21. The summed E-state index contributed by atoms with van der Waals surface area (Å²) in [4.78, 5) is 72.1. The number of aliphatic hydroxyl groups excluding tert-OH is 1. The van der Waals surface area contributed by atoms with E-state index in [1.54, 1.807) is 0 Å². The average molecular weight is 1240 g/mol. The van der Waals surface area contributed by atoms with Crippen molar-refractivity contribution in [2.24, 2.45) is 17.8 Å². The highest BCUT2D eigenvalue weighted by Gasteiger charge is 2.30. The Hall–Kier alpha value is -1.94. The van der Waals surface area contributed by atoms with E-state index in [-0.39, 0.29) is 25.7 Å². The number of carbonyl (C=O) groups is 4. The molecular weight excluding hydrogens is 1110 g/mol. The molecule has 0 saturated carbocycles. The number of aliphatic hydroxyl groups is 1. The van der Waals surface area contributed by atoms with Gasteiger partial charge in [0.15, 0.2) is 12.2 Å². The van der Waals surface area contributed by atoms with Crippen molar-refractivity contribution < 1.29 is 80.2 Å². The molecule has 0 saturated heterocycles. The van der Waals surface area contributed by atoms with Crippen LogP contribution in [0.4, 0.5) is 0 Å². The molecule has 0 aliphatic rings. The van der Waals surface area contributed by atoms with Crippen LogP contribution in [0.2, 0.25) is 0 Å². The predicted molar refractivity (Wildman–Crippen MR) is 335 cm³/mol. The van der Waals surface area contributed by atoms with E-state index in [1.165, 1.54) is 122 Å². The molecule has 0 heterocycles. The molecule has 0 fully saturated rings. The van der Waals surface area contributed by atoms with Crippen molar-refractivity contribution in [2.45, 2.75) is 336 Å². The van der Waals surface area contributed by atoms with Crippen LogP contribution in [0.3, 0.4) is 0 Å². The number of rotatable bonds is 63. The van der Waals surface area contributed by atoms with Crippen molar-refractivity contribution in [3.63, 3.8) is 0 Å². The molecular formula is C65H126O17P2. The van der Waals surface area contributed by atoms with Gasteiger partial charge in [0.05, 0.1) is 26.4 Å². The largest absolute Gasteiger partial charge is 0.472 e. The molecule has 4 unspecified atom stereocenters. The lowest BCUT2D eigenvalue weighted by atomic mass is 9.99. The van der Waals surface area contributed by atoms with Gasteiger partial charge in [-0.3, -0.25) is 37.3 Å².